The van der Waals surface area contributed by atoms with Crippen LogP contribution in [0.1, 0.15) is 18.9 Å². The fourth-order valence-corrected chi connectivity index (χ4v) is 1.40. The highest BCUT2D eigenvalue weighted by Crippen LogP contribution is 2.13. The average molecular weight is 280 g/mol. The summed E-state index contributed by atoms with van der Waals surface area (Å²) in [6, 6.07) is 6.75. The quantitative estimate of drug-likeness (QED) is 0.609. The van der Waals surface area contributed by atoms with Gasteiger partial charge in [-0.3, -0.25) is 0 Å². The fraction of sp³-hybridized carbons (Fsp3) is 0.308. The minimum Gasteiger partial charge on any atom is -0.482 e. The van der Waals surface area contributed by atoms with Crippen LogP contribution in [0, 0.1) is 0 Å². The highest BCUT2D eigenvalue weighted by atomic mass is 16.5. The van der Waals surface area contributed by atoms with E-state index in [0.29, 0.717) is 17.9 Å². The number of carboxylic acids is 1. The van der Waals surface area contributed by atoms with Gasteiger partial charge in [0.15, 0.2) is 6.61 Å². The van der Waals surface area contributed by atoms with Crippen molar-refractivity contribution in [3.05, 3.63) is 29.8 Å². The lowest BCUT2D eigenvalue weighted by Gasteiger charge is -2.07. The molecule has 1 amide bonds. The molecule has 0 heterocycles. The van der Waals surface area contributed by atoms with Gasteiger partial charge >= 0.3 is 12.1 Å². The molecule has 0 radical (unpaired) electrons. The summed E-state index contributed by atoms with van der Waals surface area (Å²) in [4.78, 5) is 21.3. The molecule has 1 aromatic rings. The predicted octanol–water partition coefficient (Wildman–Crippen LogP) is 1.62. The van der Waals surface area contributed by atoms with Crippen LogP contribution in [0.2, 0.25) is 0 Å². The number of hydrazone groups is 1. The molecule has 0 spiro atoms. The van der Waals surface area contributed by atoms with Gasteiger partial charge in [0.05, 0.1) is 12.8 Å². The Morgan fingerprint density at radius 1 is 1.30 bits per heavy atom. The molecule has 2 N–H and O–H groups in total. The van der Waals surface area contributed by atoms with E-state index in [-0.39, 0.29) is 0 Å². The van der Waals surface area contributed by atoms with Gasteiger partial charge in [-0.1, -0.05) is 6.92 Å². The number of amides is 1. The lowest BCUT2D eigenvalue weighted by Crippen LogP contribution is -2.19. The number of carboxylic acid groups (broad SMARTS) is 1. The number of rotatable bonds is 6. The predicted molar refractivity (Wildman–Crippen MR) is 71.9 cm³/mol. The van der Waals surface area contributed by atoms with E-state index in [1.807, 2.05) is 6.92 Å². The number of carbonyl (C=O) groups is 2. The van der Waals surface area contributed by atoms with E-state index in [0.717, 1.165) is 5.56 Å². The van der Waals surface area contributed by atoms with E-state index < -0.39 is 18.7 Å². The van der Waals surface area contributed by atoms with Gasteiger partial charge < -0.3 is 14.6 Å². The summed E-state index contributed by atoms with van der Waals surface area (Å²) >= 11 is 0. The number of nitrogens with one attached hydrogen (secondary N) is 1. The zero-order valence-electron chi connectivity index (χ0n) is 11.3. The molecule has 0 aromatic heterocycles. The number of carbonyl (C=O) groups excluding carboxylic acids is 1. The molecule has 0 saturated carbocycles. The zero-order valence-corrected chi connectivity index (χ0v) is 11.3. The number of nitrogens with zero attached hydrogens (tertiary/aromatic N) is 1. The number of hydrogen-bond acceptors (Lipinski definition) is 5. The largest absolute Gasteiger partial charge is 0.482 e. The highest BCUT2D eigenvalue weighted by Gasteiger charge is 2.04. The molecule has 7 nitrogen and oxygen atoms in total. The lowest BCUT2D eigenvalue weighted by atomic mass is 10.1. The van der Waals surface area contributed by atoms with Crippen LogP contribution >= 0.6 is 0 Å². The second-order valence-corrected chi connectivity index (χ2v) is 3.72. The molecule has 0 bridgehead atoms. The Morgan fingerprint density at radius 2 is 1.95 bits per heavy atom. The van der Waals surface area contributed by atoms with Crippen LogP contribution in [-0.2, 0) is 9.53 Å². The first-order chi connectivity index (χ1) is 9.56. The van der Waals surface area contributed by atoms with Gasteiger partial charge in [-0.25, -0.2) is 15.0 Å². The third-order valence-corrected chi connectivity index (χ3v) is 2.35. The number of hydrogen-bond donors (Lipinski definition) is 2. The zero-order chi connectivity index (χ0) is 15.0. The standard InChI is InChI=1S/C13H16N2O5/c1-3-11(14-15-13(18)19-2)9-4-6-10(7-5-9)20-8-12(16)17/h4-7H,3,8H2,1-2H3,(H,15,18)(H,16,17)/b14-11-. The Kier molecular flexibility index (Phi) is 6.02. The van der Waals surface area contributed by atoms with Gasteiger partial charge in [-0.2, -0.15) is 5.10 Å². The van der Waals surface area contributed by atoms with Crippen molar-refractivity contribution in [2.75, 3.05) is 13.7 Å². The van der Waals surface area contributed by atoms with E-state index in [2.05, 4.69) is 15.3 Å². The second kappa shape index (κ2) is 7.78. The van der Waals surface area contributed by atoms with Gasteiger partial charge in [-0.05, 0) is 36.2 Å². The third-order valence-electron chi connectivity index (χ3n) is 2.35. The van der Waals surface area contributed by atoms with Crippen molar-refractivity contribution < 1.29 is 24.2 Å². The molecule has 20 heavy (non-hydrogen) atoms. The summed E-state index contributed by atoms with van der Waals surface area (Å²) in [5, 5.41) is 12.4. The molecule has 108 valence electrons. The Hall–Kier alpha value is -2.57. The summed E-state index contributed by atoms with van der Waals surface area (Å²) in [6.07, 6.45) is -0.0309. The molecule has 0 unspecified atom stereocenters. The van der Waals surface area contributed by atoms with Crippen LogP contribution < -0.4 is 10.2 Å². The summed E-state index contributed by atoms with van der Waals surface area (Å²) in [5.41, 5.74) is 3.72. The van der Waals surface area contributed by atoms with Crippen molar-refractivity contribution in [2.24, 2.45) is 5.10 Å². The summed E-state index contributed by atoms with van der Waals surface area (Å²) in [5.74, 6) is -0.584. The van der Waals surface area contributed by atoms with Crippen molar-refractivity contribution in [2.45, 2.75) is 13.3 Å². The Bertz CT molecular complexity index is 496. The van der Waals surface area contributed by atoms with E-state index in [1.54, 1.807) is 24.3 Å². The number of ether oxygens (including phenoxy) is 2. The lowest BCUT2D eigenvalue weighted by molar-refractivity contribution is -0.139. The second-order valence-electron chi connectivity index (χ2n) is 3.72. The number of aliphatic carboxylic acids is 1. The summed E-state index contributed by atoms with van der Waals surface area (Å²) in [6.45, 7) is 1.50. The molecule has 0 aliphatic rings. The van der Waals surface area contributed by atoms with Crippen LogP contribution in [0.3, 0.4) is 0 Å². The van der Waals surface area contributed by atoms with Gasteiger partial charge in [-0.15, -0.1) is 0 Å². The number of methoxy groups -OCH3 is 1. The molecular weight excluding hydrogens is 264 g/mol. The minimum atomic E-state index is -1.04. The minimum absolute atomic E-state index is 0.391. The van der Waals surface area contributed by atoms with Crippen molar-refractivity contribution in [1.29, 1.82) is 0 Å². The first kappa shape index (κ1) is 15.5. The van der Waals surface area contributed by atoms with Crippen molar-refractivity contribution >= 4 is 17.8 Å². The van der Waals surface area contributed by atoms with Gasteiger partial charge in [0, 0.05) is 0 Å². The van der Waals surface area contributed by atoms with Gasteiger partial charge in [0.2, 0.25) is 0 Å². The molecule has 0 aliphatic carbocycles. The Balaban J connectivity index is 2.74. The van der Waals surface area contributed by atoms with Crippen molar-refractivity contribution in [3.63, 3.8) is 0 Å². The van der Waals surface area contributed by atoms with Crippen molar-refractivity contribution in [3.8, 4) is 5.75 Å². The molecular formula is C13H16N2O5. The summed E-state index contributed by atoms with van der Waals surface area (Å²) < 4.78 is 9.44. The molecule has 0 aliphatic heterocycles. The molecule has 1 rings (SSSR count). The van der Waals surface area contributed by atoms with Gasteiger partial charge in [0.25, 0.3) is 0 Å². The maximum atomic E-state index is 11.0. The van der Waals surface area contributed by atoms with Crippen molar-refractivity contribution in [1.82, 2.24) is 5.43 Å². The fourth-order valence-electron chi connectivity index (χ4n) is 1.40. The van der Waals surface area contributed by atoms with Crippen LogP contribution in [0.15, 0.2) is 29.4 Å². The van der Waals surface area contributed by atoms with E-state index >= 15 is 0 Å². The van der Waals surface area contributed by atoms with Crippen LogP contribution in [0.4, 0.5) is 4.79 Å². The molecule has 0 atom stereocenters. The first-order valence-electron chi connectivity index (χ1n) is 5.92. The Morgan fingerprint density at radius 3 is 2.45 bits per heavy atom. The third kappa shape index (κ3) is 4.97. The molecule has 7 heteroatoms. The maximum Gasteiger partial charge on any atom is 0.427 e. The van der Waals surface area contributed by atoms with E-state index in [1.165, 1.54) is 7.11 Å². The molecule has 1 aromatic carbocycles. The number of benzene rings is 1. The Labute approximate surface area is 116 Å². The topological polar surface area (TPSA) is 97.2 Å². The van der Waals surface area contributed by atoms with Crippen LogP contribution in [0.5, 0.6) is 5.75 Å². The summed E-state index contributed by atoms with van der Waals surface area (Å²) in [7, 11) is 1.26. The van der Waals surface area contributed by atoms with E-state index in [4.69, 9.17) is 9.84 Å². The first-order valence-corrected chi connectivity index (χ1v) is 5.92. The smallest absolute Gasteiger partial charge is 0.427 e. The van der Waals surface area contributed by atoms with Gasteiger partial charge in [0.1, 0.15) is 5.75 Å². The van der Waals surface area contributed by atoms with Crippen LogP contribution in [0.25, 0.3) is 0 Å². The molecule has 0 saturated heterocycles. The highest BCUT2D eigenvalue weighted by molar-refractivity contribution is 6.00. The monoisotopic (exact) mass is 280 g/mol. The maximum absolute atomic E-state index is 11.0. The molecule has 0 fully saturated rings. The average Bonchev–Trinajstić information content (AvgIpc) is 2.46. The normalized spacial score (nSPS) is 10.8. The SMILES string of the molecule is CC/C(=N/NC(=O)OC)c1ccc(OCC(=O)O)cc1. The van der Waals surface area contributed by atoms with E-state index in [9.17, 15) is 9.59 Å². The van der Waals surface area contributed by atoms with Crippen LogP contribution in [-0.4, -0.2) is 36.6 Å².